The molecule has 0 fully saturated rings. The van der Waals surface area contributed by atoms with Gasteiger partial charge < -0.3 is 9.67 Å². The van der Waals surface area contributed by atoms with Gasteiger partial charge in [0.25, 0.3) is 5.91 Å². The van der Waals surface area contributed by atoms with Gasteiger partial charge in [-0.25, -0.2) is 5.43 Å². The number of aromatic nitrogens is 1. The smallest absolute Gasteiger partial charge is 0.271 e. The molecule has 0 bridgehead atoms. The van der Waals surface area contributed by atoms with Crippen LogP contribution < -0.4 is 5.43 Å². The SMILES string of the molecule is O=C(N/N=C\c1cc(Br)cc(I)c1O)c1ccc(-n2c(-c3ccccc3)ccc2-c2ccccc2)cc1. The number of hydrazone groups is 1. The molecule has 0 aliphatic heterocycles. The number of hydrogen-bond acceptors (Lipinski definition) is 3. The van der Waals surface area contributed by atoms with Gasteiger partial charge in [-0.1, -0.05) is 76.6 Å². The third-order valence-corrected chi connectivity index (χ3v) is 7.12. The minimum absolute atomic E-state index is 0.112. The van der Waals surface area contributed by atoms with Crippen molar-refractivity contribution in [3.8, 4) is 34.0 Å². The third-order valence-electron chi connectivity index (χ3n) is 5.84. The van der Waals surface area contributed by atoms with Crippen LogP contribution in [0.3, 0.4) is 0 Å². The summed E-state index contributed by atoms with van der Waals surface area (Å²) in [6, 6.07) is 35.6. The molecule has 0 atom stereocenters. The van der Waals surface area contributed by atoms with Crippen molar-refractivity contribution in [3.63, 3.8) is 0 Å². The van der Waals surface area contributed by atoms with Gasteiger partial charge in [-0.15, -0.1) is 0 Å². The van der Waals surface area contributed by atoms with Crippen LogP contribution in [0.4, 0.5) is 0 Å². The number of phenols is 1. The van der Waals surface area contributed by atoms with E-state index >= 15 is 0 Å². The molecule has 1 aromatic heterocycles. The fourth-order valence-corrected chi connectivity index (χ4v) is 5.60. The lowest BCUT2D eigenvalue weighted by Crippen LogP contribution is -2.17. The van der Waals surface area contributed by atoms with Gasteiger partial charge in [-0.3, -0.25) is 4.79 Å². The highest BCUT2D eigenvalue weighted by Gasteiger charge is 2.14. The van der Waals surface area contributed by atoms with Crippen molar-refractivity contribution in [2.75, 3.05) is 0 Å². The van der Waals surface area contributed by atoms with Crippen LogP contribution in [0.15, 0.2) is 119 Å². The minimum Gasteiger partial charge on any atom is -0.506 e. The summed E-state index contributed by atoms with van der Waals surface area (Å²) in [5, 5.41) is 14.2. The quantitative estimate of drug-likeness (QED) is 0.112. The van der Waals surface area contributed by atoms with Gasteiger partial charge in [0.1, 0.15) is 5.75 Å². The molecule has 5 rings (SSSR count). The Kier molecular flexibility index (Phi) is 7.52. The van der Waals surface area contributed by atoms with E-state index in [1.165, 1.54) is 6.21 Å². The van der Waals surface area contributed by atoms with Gasteiger partial charge in [0, 0.05) is 21.3 Å². The first-order valence-corrected chi connectivity index (χ1v) is 13.3. The van der Waals surface area contributed by atoms with E-state index in [0.29, 0.717) is 14.7 Å². The molecule has 182 valence electrons. The fraction of sp³-hybridized carbons (Fsp3) is 0. The van der Waals surface area contributed by atoms with E-state index in [2.05, 4.69) is 67.4 Å². The van der Waals surface area contributed by atoms with Crippen molar-refractivity contribution in [1.82, 2.24) is 9.99 Å². The number of aromatic hydroxyl groups is 1. The van der Waals surface area contributed by atoms with Crippen LogP contribution in [0.1, 0.15) is 15.9 Å². The standard InChI is InChI=1S/C30H21BrIN3O2/c31-24-17-23(29(36)26(32)18-24)19-33-34-30(37)22-11-13-25(14-12-22)35-27(20-7-3-1-4-8-20)15-16-28(35)21-9-5-2-6-10-21/h1-19,36H,(H,34,37)/b33-19-. The molecular weight excluding hydrogens is 641 g/mol. The first-order chi connectivity index (χ1) is 18.0. The Hall–Kier alpha value is -3.69. The molecule has 0 saturated carbocycles. The highest BCUT2D eigenvalue weighted by Crippen LogP contribution is 2.32. The van der Waals surface area contributed by atoms with Gasteiger partial charge in [-0.2, -0.15) is 5.10 Å². The van der Waals surface area contributed by atoms with E-state index in [4.69, 9.17) is 0 Å². The first kappa shape index (κ1) is 25.0. The third kappa shape index (κ3) is 5.52. The van der Waals surface area contributed by atoms with Crippen LogP contribution >= 0.6 is 38.5 Å². The molecule has 7 heteroatoms. The molecule has 0 radical (unpaired) electrons. The molecule has 5 nitrogen and oxygen atoms in total. The fourth-order valence-electron chi connectivity index (χ4n) is 4.05. The second-order valence-corrected chi connectivity index (χ2v) is 10.3. The van der Waals surface area contributed by atoms with Crippen molar-refractivity contribution in [1.29, 1.82) is 0 Å². The van der Waals surface area contributed by atoms with Crippen molar-refractivity contribution in [2.45, 2.75) is 0 Å². The van der Waals surface area contributed by atoms with Crippen LogP contribution in [0.25, 0.3) is 28.2 Å². The lowest BCUT2D eigenvalue weighted by atomic mass is 10.1. The van der Waals surface area contributed by atoms with Gasteiger partial charge in [0.15, 0.2) is 0 Å². The summed E-state index contributed by atoms with van der Waals surface area (Å²) in [5.74, 6) is -0.229. The predicted molar refractivity (Wildman–Crippen MR) is 160 cm³/mol. The molecule has 0 saturated heterocycles. The van der Waals surface area contributed by atoms with Crippen LogP contribution in [-0.4, -0.2) is 21.8 Å². The first-order valence-electron chi connectivity index (χ1n) is 11.5. The Morgan fingerprint density at radius 2 is 1.41 bits per heavy atom. The van der Waals surface area contributed by atoms with Gasteiger partial charge in [0.2, 0.25) is 0 Å². The molecule has 0 spiro atoms. The van der Waals surface area contributed by atoms with Crippen LogP contribution in [0.5, 0.6) is 5.75 Å². The molecule has 0 aliphatic rings. The van der Waals surface area contributed by atoms with E-state index in [1.54, 1.807) is 24.3 Å². The normalized spacial score (nSPS) is 11.1. The number of amides is 1. The zero-order chi connectivity index (χ0) is 25.8. The highest BCUT2D eigenvalue weighted by molar-refractivity contribution is 14.1. The largest absolute Gasteiger partial charge is 0.506 e. The molecule has 0 aliphatic carbocycles. The Balaban J connectivity index is 1.42. The summed E-state index contributed by atoms with van der Waals surface area (Å²) in [5.41, 5.74) is 8.78. The zero-order valence-corrected chi connectivity index (χ0v) is 23.2. The Labute approximate surface area is 236 Å². The van der Waals surface area contributed by atoms with Crippen molar-refractivity contribution >= 4 is 50.6 Å². The molecule has 5 aromatic rings. The molecule has 37 heavy (non-hydrogen) atoms. The summed E-state index contributed by atoms with van der Waals surface area (Å²) in [6.07, 6.45) is 1.42. The Bertz CT molecular complexity index is 1520. The molecule has 4 aromatic carbocycles. The van der Waals surface area contributed by atoms with Crippen molar-refractivity contribution in [2.24, 2.45) is 5.10 Å². The average molecular weight is 662 g/mol. The van der Waals surface area contributed by atoms with Gasteiger partial charge in [-0.05, 0) is 82.2 Å². The molecular formula is C30H21BrIN3O2. The maximum absolute atomic E-state index is 12.7. The lowest BCUT2D eigenvalue weighted by Gasteiger charge is -2.15. The van der Waals surface area contributed by atoms with Crippen molar-refractivity contribution < 1.29 is 9.90 Å². The molecule has 1 amide bonds. The topological polar surface area (TPSA) is 66.6 Å². The molecule has 0 unspecified atom stereocenters. The number of phenolic OH excluding ortho intramolecular Hbond substituents is 1. The van der Waals surface area contributed by atoms with E-state index < -0.39 is 0 Å². The van der Waals surface area contributed by atoms with E-state index in [1.807, 2.05) is 71.1 Å². The number of hydrogen-bond donors (Lipinski definition) is 2. The number of benzene rings is 4. The highest BCUT2D eigenvalue weighted by atomic mass is 127. The van der Waals surface area contributed by atoms with Crippen molar-refractivity contribution in [3.05, 3.63) is 128 Å². The number of nitrogens with zero attached hydrogens (tertiary/aromatic N) is 2. The van der Waals surface area contributed by atoms with E-state index in [9.17, 15) is 9.90 Å². The second kappa shape index (κ2) is 11.1. The molecule has 1 heterocycles. The van der Waals surface area contributed by atoms with E-state index in [0.717, 1.165) is 32.7 Å². The maximum Gasteiger partial charge on any atom is 0.271 e. The maximum atomic E-state index is 12.7. The van der Waals surface area contributed by atoms with Crippen LogP contribution in [-0.2, 0) is 0 Å². The summed E-state index contributed by atoms with van der Waals surface area (Å²) >= 11 is 5.44. The monoisotopic (exact) mass is 661 g/mol. The molecule has 2 N–H and O–H groups in total. The summed E-state index contributed by atoms with van der Waals surface area (Å²) in [6.45, 7) is 0. The Morgan fingerprint density at radius 3 is 1.97 bits per heavy atom. The zero-order valence-electron chi connectivity index (χ0n) is 19.5. The lowest BCUT2D eigenvalue weighted by molar-refractivity contribution is 0.0955. The van der Waals surface area contributed by atoms with Gasteiger partial charge in [0.05, 0.1) is 21.2 Å². The van der Waals surface area contributed by atoms with Crippen LogP contribution in [0.2, 0.25) is 0 Å². The van der Waals surface area contributed by atoms with Crippen LogP contribution in [0, 0.1) is 3.57 Å². The van der Waals surface area contributed by atoms with E-state index in [-0.39, 0.29) is 11.7 Å². The Morgan fingerprint density at radius 1 is 0.838 bits per heavy atom. The number of halogens is 2. The second-order valence-electron chi connectivity index (χ2n) is 8.24. The minimum atomic E-state index is -0.342. The predicted octanol–water partition coefficient (Wildman–Crippen LogP) is 7.65. The summed E-state index contributed by atoms with van der Waals surface area (Å²) in [7, 11) is 0. The average Bonchev–Trinajstić information content (AvgIpc) is 3.37. The summed E-state index contributed by atoms with van der Waals surface area (Å²) in [4.78, 5) is 12.7. The number of nitrogens with one attached hydrogen (secondary N) is 1. The summed E-state index contributed by atoms with van der Waals surface area (Å²) < 4.78 is 3.69. The number of carbonyl (C=O) groups is 1. The number of rotatable bonds is 6. The number of carbonyl (C=O) groups excluding carboxylic acids is 1. The van der Waals surface area contributed by atoms with Gasteiger partial charge >= 0.3 is 0 Å².